The molecule has 0 saturated heterocycles. The van der Waals surface area contributed by atoms with Gasteiger partial charge in [0, 0.05) is 25.3 Å². The summed E-state index contributed by atoms with van der Waals surface area (Å²) in [4.78, 5) is 0.114. The minimum Gasteiger partial charge on any atom is -0.381 e. The van der Waals surface area contributed by atoms with E-state index in [-0.39, 0.29) is 16.8 Å². The van der Waals surface area contributed by atoms with Crippen molar-refractivity contribution in [2.24, 2.45) is 0 Å². The number of nitrogens with zero attached hydrogens (tertiary/aromatic N) is 3. The third-order valence-corrected chi connectivity index (χ3v) is 4.91. The van der Waals surface area contributed by atoms with Crippen LogP contribution in [0, 0.1) is 0 Å². The normalized spacial score (nSPS) is 12.5. The van der Waals surface area contributed by atoms with Crippen molar-refractivity contribution >= 4 is 15.8 Å². The lowest BCUT2D eigenvalue weighted by Crippen LogP contribution is -2.37. The number of hydrogen-bond acceptors (Lipinski definition) is 4. The highest BCUT2D eigenvalue weighted by atomic mass is 32.2. The van der Waals surface area contributed by atoms with Crippen molar-refractivity contribution < 1.29 is 8.42 Å². The minimum absolute atomic E-state index is 0.0789. The van der Waals surface area contributed by atoms with Gasteiger partial charge in [-0.2, -0.15) is 9.40 Å². The SMILES string of the molecule is CCCN(C(C)C)S(=O)(=O)c1cn(CCC)nc1N. The molecule has 0 spiro atoms. The predicted molar refractivity (Wildman–Crippen MR) is 76.2 cm³/mol. The molecule has 0 radical (unpaired) electrons. The van der Waals surface area contributed by atoms with E-state index in [2.05, 4.69) is 5.10 Å². The molecule has 1 aromatic heterocycles. The number of rotatable bonds is 7. The van der Waals surface area contributed by atoms with Gasteiger partial charge in [-0.05, 0) is 26.7 Å². The number of aromatic nitrogens is 2. The molecular weight excluding hydrogens is 264 g/mol. The lowest BCUT2D eigenvalue weighted by atomic mass is 10.4. The van der Waals surface area contributed by atoms with Crippen LogP contribution >= 0.6 is 0 Å². The van der Waals surface area contributed by atoms with Crippen molar-refractivity contribution in [3.8, 4) is 0 Å². The first kappa shape index (κ1) is 16.0. The standard InChI is InChI=1S/C12H24N4O2S/c1-5-7-15-9-11(12(13)14-15)19(17,18)16(8-6-2)10(3)4/h9-10H,5-8H2,1-4H3,(H2,13,14). The van der Waals surface area contributed by atoms with Gasteiger partial charge in [0.1, 0.15) is 4.90 Å². The lowest BCUT2D eigenvalue weighted by molar-refractivity contribution is 0.354. The van der Waals surface area contributed by atoms with Gasteiger partial charge in [0.25, 0.3) is 0 Å². The molecule has 0 aliphatic heterocycles. The Morgan fingerprint density at radius 1 is 1.37 bits per heavy atom. The van der Waals surface area contributed by atoms with Gasteiger partial charge in [-0.15, -0.1) is 0 Å². The second-order valence-electron chi connectivity index (χ2n) is 4.85. The molecule has 0 fully saturated rings. The Labute approximate surface area is 115 Å². The Hall–Kier alpha value is -1.08. The molecule has 110 valence electrons. The number of nitrogen functional groups attached to an aromatic ring is 1. The van der Waals surface area contributed by atoms with Crippen LogP contribution in [0.5, 0.6) is 0 Å². The first-order valence-electron chi connectivity index (χ1n) is 6.69. The van der Waals surface area contributed by atoms with Gasteiger partial charge in [0.05, 0.1) is 0 Å². The first-order valence-corrected chi connectivity index (χ1v) is 8.13. The second kappa shape index (κ2) is 6.38. The molecule has 1 heterocycles. The molecule has 6 nitrogen and oxygen atoms in total. The number of hydrogen-bond donors (Lipinski definition) is 1. The van der Waals surface area contributed by atoms with Gasteiger partial charge in [-0.3, -0.25) is 4.68 Å². The van der Waals surface area contributed by atoms with Crippen molar-refractivity contribution in [2.45, 2.75) is 58.0 Å². The van der Waals surface area contributed by atoms with Crippen molar-refractivity contribution in [2.75, 3.05) is 12.3 Å². The molecule has 7 heteroatoms. The molecule has 0 unspecified atom stereocenters. The largest absolute Gasteiger partial charge is 0.381 e. The summed E-state index contributed by atoms with van der Waals surface area (Å²) in [6, 6.07) is -0.0983. The highest BCUT2D eigenvalue weighted by Crippen LogP contribution is 2.23. The monoisotopic (exact) mass is 288 g/mol. The van der Waals surface area contributed by atoms with Crippen molar-refractivity contribution in [1.29, 1.82) is 0 Å². The topological polar surface area (TPSA) is 81.2 Å². The zero-order valence-corrected chi connectivity index (χ0v) is 12.9. The Morgan fingerprint density at radius 2 is 2.00 bits per heavy atom. The number of nitrogens with two attached hydrogens (primary N) is 1. The van der Waals surface area contributed by atoms with Gasteiger partial charge in [-0.1, -0.05) is 13.8 Å². The molecule has 0 aliphatic rings. The van der Waals surface area contributed by atoms with E-state index < -0.39 is 10.0 Å². The Bertz CT molecular complexity index is 508. The van der Waals surface area contributed by atoms with Crippen LogP contribution in [-0.4, -0.2) is 35.1 Å². The average Bonchev–Trinajstić information content (AvgIpc) is 2.67. The fourth-order valence-corrected chi connectivity index (χ4v) is 3.75. The van der Waals surface area contributed by atoms with Gasteiger partial charge in [0.2, 0.25) is 10.0 Å². The third kappa shape index (κ3) is 3.48. The Morgan fingerprint density at radius 3 is 2.47 bits per heavy atom. The van der Waals surface area contributed by atoms with Gasteiger partial charge in [0.15, 0.2) is 5.82 Å². The van der Waals surface area contributed by atoms with E-state index in [1.54, 1.807) is 4.68 Å². The smallest absolute Gasteiger partial charge is 0.248 e. The molecular formula is C12H24N4O2S. The predicted octanol–water partition coefficient (Wildman–Crippen LogP) is 1.68. The van der Waals surface area contributed by atoms with E-state index in [0.29, 0.717) is 13.1 Å². The van der Waals surface area contributed by atoms with Crippen LogP contribution in [0.3, 0.4) is 0 Å². The highest BCUT2D eigenvalue weighted by molar-refractivity contribution is 7.89. The highest BCUT2D eigenvalue weighted by Gasteiger charge is 2.30. The molecule has 0 amide bonds. The summed E-state index contributed by atoms with van der Waals surface area (Å²) in [7, 11) is -3.57. The van der Waals surface area contributed by atoms with Crippen LogP contribution in [0.15, 0.2) is 11.1 Å². The van der Waals surface area contributed by atoms with Crippen molar-refractivity contribution in [3.63, 3.8) is 0 Å². The fourth-order valence-electron chi connectivity index (χ4n) is 1.96. The van der Waals surface area contributed by atoms with Crippen LogP contribution < -0.4 is 5.73 Å². The number of aryl methyl sites for hydroxylation is 1. The van der Waals surface area contributed by atoms with E-state index in [1.807, 2.05) is 27.7 Å². The third-order valence-electron chi connectivity index (χ3n) is 2.81. The Balaban J connectivity index is 3.17. The Kier molecular flexibility index (Phi) is 5.37. The maximum Gasteiger partial charge on any atom is 0.248 e. The van der Waals surface area contributed by atoms with E-state index in [1.165, 1.54) is 10.5 Å². The first-order chi connectivity index (χ1) is 8.84. The zero-order chi connectivity index (χ0) is 14.6. The van der Waals surface area contributed by atoms with Gasteiger partial charge >= 0.3 is 0 Å². The molecule has 0 saturated carbocycles. The molecule has 19 heavy (non-hydrogen) atoms. The van der Waals surface area contributed by atoms with Crippen LogP contribution in [0.2, 0.25) is 0 Å². The number of anilines is 1. The molecule has 0 aromatic carbocycles. The van der Waals surface area contributed by atoms with E-state index in [0.717, 1.165) is 12.8 Å². The van der Waals surface area contributed by atoms with Crippen LogP contribution in [0.4, 0.5) is 5.82 Å². The van der Waals surface area contributed by atoms with E-state index in [9.17, 15) is 8.42 Å². The van der Waals surface area contributed by atoms with Crippen LogP contribution in [-0.2, 0) is 16.6 Å². The summed E-state index contributed by atoms with van der Waals surface area (Å²) in [5, 5.41) is 4.06. The molecule has 1 aromatic rings. The summed E-state index contributed by atoms with van der Waals surface area (Å²) in [6.45, 7) is 8.83. The average molecular weight is 288 g/mol. The van der Waals surface area contributed by atoms with Crippen LogP contribution in [0.1, 0.15) is 40.5 Å². The minimum atomic E-state index is -3.57. The molecule has 0 bridgehead atoms. The van der Waals surface area contributed by atoms with Crippen molar-refractivity contribution in [1.82, 2.24) is 14.1 Å². The second-order valence-corrected chi connectivity index (χ2v) is 6.71. The maximum atomic E-state index is 12.6. The quantitative estimate of drug-likeness (QED) is 0.827. The summed E-state index contributed by atoms with van der Waals surface area (Å²) < 4.78 is 28.2. The lowest BCUT2D eigenvalue weighted by Gasteiger charge is -2.24. The molecule has 2 N–H and O–H groups in total. The molecule has 1 rings (SSSR count). The summed E-state index contributed by atoms with van der Waals surface area (Å²) in [5.41, 5.74) is 5.75. The number of sulfonamides is 1. The summed E-state index contributed by atoms with van der Waals surface area (Å²) in [6.07, 6.45) is 3.17. The molecule has 0 aliphatic carbocycles. The molecule has 0 atom stereocenters. The van der Waals surface area contributed by atoms with Crippen LogP contribution in [0.25, 0.3) is 0 Å². The van der Waals surface area contributed by atoms with Gasteiger partial charge < -0.3 is 5.73 Å². The fraction of sp³-hybridized carbons (Fsp3) is 0.750. The van der Waals surface area contributed by atoms with E-state index >= 15 is 0 Å². The van der Waals surface area contributed by atoms with E-state index in [4.69, 9.17) is 5.73 Å². The zero-order valence-electron chi connectivity index (χ0n) is 12.1. The van der Waals surface area contributed by atoms with Gasteiger partial charge in [-0.25, -0.2) is 8.42 Å². The van der Waals surface area contributed by atoms with Crippen molar-refractivity contribution in [3.05, 3.63) is 6.20 Å². The maximum absolute atomic E-state index is 12.6. The summed E-state index contributed by atoms with van der Waals surface area (Å²) >= 11 is 0. The summed E-state index contributed by atoms with van der Waals surface area (Å²) in [5.74, 6) is 0.0789.